The van der Waals surface area contributed by atoms with Gasteiger partial charge in [-0.2, -0.15) is 0 Å². The third kappa shape index (κ3) is 7.77. The van der Waals surface area contributed by atoms with Crippen molar-refractivity contribution in [2.24, 2.45) is 11.3 Å². The molecule has 0 bridgehead atoms. The number of aromatic nitrogens is 1. The normalized spacial score (nSPS) is 23.1. The zero-order valence-corrected chi connectivity index (χ0v) is 31.3. The Morgan fingerprint density at radius 1 is 1.11 bits per heavy atom. The second-order valence-corrected chi connectivity index (χ2v) is 17.2. The van der Waals surface area contributed by atoms with Gasteiger partial charge in [0.1, 0.15) is 29.5 Å². The number of sulfonamides is 1. The van der Waals surface area contributed by atoms with E-state index < -0.39 is 74.0 Å². The molecule has 3 aromatic rings. The van der Waals surface area contributed by atoms with Gasteiger partial charge >= 0.3 is 5.97 Å². The molecule has 53 heavy (non-hydrogen) atoms. The fourth-order valence-electron chi connectivity index (χ4n) is 6.66. The van der Waals surface area contributed by atoms with Gasteiger partial charge in [0, 0.05) is 33.8 Å². The van der Waals surface area contributed by atoms with E-state index in [0.717, 1.165) is 0 Å². The average molecular weight is 768 g/mol. The number of amides is 3. The molecule has 282 valence electrons. The molecule has 16 heteroatoms. The van der Waals surface area contributed by atoms with Crippen LogP contribution in [0.25, 0.3) is 10.8 Å². The third-order valence-corrected chi connectivity index (χ3v) is 12.0. The van der Waals surface area contributed by atoms with E-state index in [2.05, 4.69) is 26.9 Å². The smallest absolute Gasteiger partial charge is 0.335 e. The lowest BCUT2D eigenvalue weighted by molar-refractivity contribution is -0.141. The van der Waals surface area contributed by atoms with Gasteiger partial charge in [-0.05, 0) is 67.1 Å². The number of carboxylic acids is 1. The molecule has 2 saturated carbocycles. The number of methoxy groups -OCH3 is 1. The Balaban J connectivity index is 1.32. The van der Waals surface area contributed by atoms with Gasteiger partial charge in [-0.1, -0.05) is 38.4 Å². The van der Waals surface area contributed by atoms with Crippen LogP contribution in [0.4, 0.5) is 5.69 Å². The summed E-state index contributed by atoms with van der Waals surface area (Å²) in [6.45, 7) is 9.28. The van der Waals surface area contributed by atoms with Gasteiger partial charge < -0.3 is 30.1 Å². The first-order valence-electron chi connectivity index (χ1n) is 17.2. The first-order valence-corrected chi connectivity index (χ1v) is 19.1. The van der Waals surface area contributed by atoms with Crippen molar-refractivity contribution in [3.05, 3.63) is 71.9 Å². The van der Waals surface area contributed by atoms with Crippen LogP contribution >= 0.6 is 11.6 Å². The van der Waals surface area contributed by atoms with Crippen molar-refractivity contribution in [3.8, 4) is 11.6 Å². The summed E-state index contributed by atoms with van der Waals surface area (Å²) in [4.78, 5) is 59.7. The summed E-state index contributed by atoms with van der Waals surface area (Å²) < 4.78 is 39.4. The summed E-state index contributed by atoms with van der Waals surface area (Å²) in [5, 5.41) is 16.4. The summed E-state index contributed by atoms with van der Waals surface area (Å²) in [7, 11) is -2.40. The molecule has 0 unspecified atom stereocenters. The maximum absolute atomic E-state index is 14.6. The largest absolute Gasteiger partial charge is 0.494 e. The Morgan fingerprint density at radius 2 is 1.81 bits per heavy atom. The Bertz CT molecular complexity index is 2080. The molecule has 1 saturated heterocycles. The summed E-state index contributed by atoms with van der Waals surface area (Å²) in [5.74, 6) is -2.89. The second kappa shape index (κ2) is 14.2. The predicted octanol–water partition coefficient (Wildman–Crippen LogP) is 4.14. The van der Waals surface area contributed by atoms with Crippen LogP contribution in [0.2, 0.25) is 5.02 Å². The minimum absolute atomic E-state index is 0.00827. The number of likely N-dealkylation sites (tertiary alicyclic amines) is 1. The molecule has 3 fully saturated rings. The molecule has 6 rings (SSSR count). The zero-order chi connectivity index (χ0) is 38.5. The molecule has 4 N–H and O–H groups in total. The quantitative estimate of drug-likeness (QED) is 0.183. The lowest BCUT2D eigenvalue weighted by Crippen LogP contribution is -2.58. The number of aromatic carboxylic acids is 1. The van der Waals surface area contributed by atoms with Crippen LogP contribution in [0.5, 0.6) is 11.6 Å². The van der Waals surface area contributed by atoms with Gasteiger partial charge in [-0.15, -0.1) is 6.58 Å². The summed E-state index contributed by atoms with van der Waals surface area (Å²) in [6, 6.07) is 9.06. The van der Waals surface area contributed by atoms with E-state index >= 15 is 0 Å². The van der Waals surface area contributed by atoms with Gasteiger partial charge in [0.15, 0.2) is 0 Å². The zero-order valence-electron chi connectivity index (χ0n) is 29.7. The van der Waals surface area contributed by atoms with Crippen molar-refractivity contribution in [2.75, 3.05) is 19.0 Å². The van der Waals surface area contributed by atoms with Gasteiger partial charge in [0.05, 0.1) is 30.7 Å². The molecule has 5 atom stereocenters. The number of benzene rings is 2. The summed E-state index contributed by atoms with van der Waals surface area (Å²) in [5.41, 5.74) is -1.71. The SMILES string of the molecule is C=C[C@@H]1C[C@]1(NC(=O)[C@@H]1C[C@@H](Oc2ncc(OC)c3ccc(Cl)cc23)CN1C(=O)[C@H](Nc1ccc(C(=O)O)cc1)C(C)(C)C)C(=O)NS(=O)(=O)C1CC1. The first-order chi connectivity index (χ1) is 25.0. The number of hydrogen-bond acceptors (Lipinski definition) is 10. The maximum Gasteiger partial charge on any atom is 0.335 e. The van der Waals surface area contributed by atoms with Crippen molar-refractivity contribution >= 4 is 61.8 Å². The molecule has 14 nitrogen and oxygen atoms in total. The average Bonchev–Trinajstić information content (AvgIpc) is 4.03. The van der Waals surface area contributed by atoms with Crippen molar-refractivity contribution in [3.63, 3.8) is 0 Å². The molecule has 0 radical (unpaired) electrons. The van der Waals surface area contributed by atoms with Crippen LogP contribution in [-0.2, 0) is 24.4 Å². The highest BCUT2D eigenvalue weighted by Gasteiger charge is 2.62. The molecule has 3 amide bonds. The summed E-state index contributed by atoms with van der Waals surface area (Å²) >= 11 is 6.33. The van der Waals surface area contributed by atoms with Gasteiger partial charge in [-0.3, -0.25) is 19.1 Å². The number of rotatable bonds is 13. The molecule has 2 aromatic carbocycles. The lowest BCUT2D eigenvalue weighted by Gasteiger charge is -2.36. The van der Waals surface area contributed by atoms with E-state index in [1.807, 2.05) is 20.8 Å². The standard InChI is InChI=1S/C37H42ClN5O9S/c1-6-21-17-37(21,35(48)42-53(49,50)25-12-13-25)41-31(44)28-16-24(52-32-27-15-22(38)9-14-26(27)29(51-5)18-39-32)19-43(28)33(45)30(36(2,3)4)40-23-10-7-20(8-11-23)34(46)47/h6-11,14-15,18,21,24-25,28,30,40H,1,12-13,16-17,19H2,2-5H3,(H,41,44)(H,42,48)(H,46,47)/t21-,24-,28+,30+,37-/m1/s1. The van der Waals surface area contributed by atoms with E-state index in [9.17, 15) is 32.7 Å². The number of nitrogens with zero attached hydrogens (tertiary/aromatic N) is 2. The number of hydrogen-bond donors (Lipinski definition) is 4. The van der Waals surface area contributed by atoms with E-state index in [4.69, 9.17) is 21.1 Å². The number of fused-ring (bicyclic) bond motifs is 1. The molecule has 1 aliphatic heterocycles. The minimum Gasteiger partial charge on any atom is -0.494 e. The van der Waals surface area contributed by atoms with Crippen LogP contribution < -0.4 is 24.8 Å². The minimum atomic E-state index is -3.91. The Hall–Kier alpha value is -4.89. The highest BCUT2D eigenvalue weighted by molar-refractivity contribution is 7.91. The van der Waals surface area contributed by atoms with E-state index in [1.54, 1.807) is 30.3 Å². The number of carbonyl (C=O) groups is 4. The van der Waals surface area contributed by atoms with Crippen LogP contribution in [0.3, 0.4) is 0 Å². The number of ether oxygens (including phenoxy) is 2. The molecule has 1 aromatic heterocycles. The van der Waals surface area contributed by atoms with Crippen LogP contribution in [0.1, 0.15) is 56.8 Å². The monoisotopic (exact) mass is 767 g/mol. The predicted molar refractivity (Wildman–Crippen MR) is 197 cm³/mol. The highest BCUT2D eigenvalue weighted by atomic mass is 35.5. The summed E-state index contributed by atoms with van der Waals surface area (Å²) in [6.07, 6.45) is 3.29. The van der Waals surface area contributed by atoms with Crippen molar-refractivity contribution in [2.45, 2.75) is 75.4 Å². The number of carboxylic acid groups (broad SMARTS) is 1. The van der Waals surface area contributed by atoms with Gasteiger partial charge in [0.25, 0.3) is 5.91 Å². The van der Waals surface area contributed by atoms with Crippen molar-refractivity contribution in [1.82, 2.24) is 19.9 Å². The molecular formula is C37H42ClN5O9S. The van der Waals surface area contributed by atoms with Crippen molar-refractivity contribution in [1.29, 1.82) is 0 Å². The number of nitrogens with one attached hydrogen (secondary N) is 3. The second-order valence-electron chi connectivity index (χ2n) is 14.8. The maximum atomic E-state index is 14.6. The van der Waals surface area contributed by atoms with E-state index in [0.29, 0.717) is 40.1 Å². The van der Waals surface area contributed by atoms with E-state index in [1.165, 1.54) is 36.4 Å². The topological polar surface area (TPSA) is 193 Å². The van der Waals surface area contributed by atoms with Gasteiger partial charge in [0.2, 0.25) is 27.7 Å². The fraction of sp³-hybridized carbons (Fsp3) is 0.432. The third-order valence-electron chi connectivity index (χ3n) is 9.93. The first kappa shape index (κ1) is 37.9. The molecule has 2 heterocycles. The number of carbonyl (C=O) groups excluding carboxylic acids is 3. The fourth-order valence-corrected chi connectivity index (χ4v) is 8.20. The lowest BCUT2D eigenvalue weighted by atomic mass is 9.85. The Morgan fingerprint density at radius 3 is 2.40 bits per heavy atom. The number of pyridine rings is 1. The number of anilines is 1. The Labute approximate surface area is 312 Å². The van der Waals surface area contributed by atoms with Crippen LogP contribution in [0, 0.1) is 11.3 Å². The molecular weight excluding hydrogens is 726 g/mol. The molecule has 0 spiro atoms. The molecule has 3 aliphatic rings. The molecule has 2 aliphatic carbocycles. The Kier molecular flexibility index (Phi) is 10.1. The number of halogens is 1. The van der Waals surface area contributed by atoms with Gasteiger partial charge in [-0.25, -0.2) is 18.2 Å². The van der Waals surface area contributed by atoms with Crippen LogP contribution in [-0.4, -0.2) is 89.7 Å². The van der Waals surface area contributed by atoms with E-state index in [-0.39, 0.29) is 30.8 Å². The highest BCUT2D eigenvalue weighted by Crippen LogP contribution is 2.46. The van der Waals surface area contributed by atoms with Crippen molar-refractivity contribution < 1.29 is 42.2 Å². The van der Waals surface area contributed by atoms with Crippen LogP contribution in [0.15, 0.2) is 61.3 Å².